The van der Waals surface area contributed by atoms with E-state index in [1.165, 1.54) is 31.4 Å². The number of carboxylic acid groups (broad SMARTS) is 1. The molecule has 20 heavy (non-hydrogen) atoms. The molecule has 6 nitrogen and oxygen atoms in total. The second-order valence-corrected chi connectivity index (χ2v) is 4.86. The molecule has 0 saturated carbocycles. The third-order valence-corrected chi connectivity index (χ3v) is 3.51. The third kappa shape index (κ3) is 2.72. The summed E-state index contributed by atoms with van der Waals surface area (Å²) in [5.41, 5.74) is 0.0506. The van der Waals surface area contributed by atoms with Gasteiger partial charge in [-0.05, 0) is 24.3 Å². The predicted molar refractivity (Wildman–Crippen MR) is 73.9 cm³/mol. The standard InChI is InChI=1S/C13H11NO5S/c1-19-8-4-2-3-7(11(8)15)12(16)14-10-6-5-9(20-10)13(17)18/h2-6,15H,1H3,(H,14,16)(H,17,18). The smallest absolute Gasteiger partial charge is 0.345 e. The van der Waals surface area contributed by atoms with Gasteiger partial charge in [-0.3, -0.25) is 4.79 Å². The molecule has 3 N–H and O–H groups in total. The Kier molecular flexibility index (Phi) is 3.90. The summed E-state index contributed by atoms with van der Waals surface area (Å²) in [6.45, 7) is 0. The van der Waals surface area contributed by atoms with Gasteiger partial charge in [0.1, 0.15) is 4.88 Å². The number of phenolic OH excluding ortho intramolecular Hbond substituents is 1. The van der Waals surface area contributed by atoms with Crippen LogP contribution in [0, 0.1) is 0 Å². The van der Waals surface area contributed by atoms with Crippen molar-refractivity contribution < 1.29 is 24.5 Å². The van der Waals surface area contributed by atoms with Crippen molar-refractivity contribution in [2.24, 2.45) is 0 Å². The first-order valence-corrected chi connectivity index (χ1v) is 6.35. The number of hydrogen-bond donors (Lipinski definition) is 3. The second-order valence-electron chi connectivity index (χ2n) is 3.78. The third-order valence-electron chi connectivity index (χ3n) is 2.52. The highest BCUT2D eigenvalue weighted by Crippen LogP contribution is 2.30. The second kappa shape index (κ2) is 5.62. The summed E-state index contributed by atoms with van der Waals surface area (Å²) < 4.78 is 4.92. The molecule has 1 aromatic carbocycles. The zero-order valence-electron chi connectivity index (χ0n) is 10.4. The molecule has 0 aliphatic carbocycles. The average molecular weight is 293 g/mol. The monoisotopic (exact) mass is 293 g/mol. The van der Waals surface area contributed by atoms with Gasteiger partial charge < -0.3 is 20.3 Å². The Morgan fingerprint density at radius 2 is 2.00 bits per heavy atom. The van der Waals surface area contributed by atoms with E-state index in [4.69, 9.17) is 9.84 Å². The van der Waals surface area contributed by atoms with Crippen molar-refractivity contribution in [1.82, 2.24) is 0 Å². The molecule has 0 spiro atoms. The topological polar surface area (TPSA) is 95.9 Å². The molecule has 104 valence electrons. The van der Waals surface area contributed by atoms with E-state index in [0.29, 0.717) is 5.00 Å². The van der Waals surface area contributed by atoms with Crippen LogP contribution in [0.5, 0.6) is 11.5 Å². The lowest BCUT2D eigenvalue weighted by Gasteiger charge is -2.08. The normalized spacial score (nSPS) is 10.1. The fourth-order valence-electron chi connectivity index (χ4n) is 1.57. The number of aromatic carboxylic acids is 1. The average Bonchev–Trinajstić information content (AvgIpc) is 2.87. The first-order chi connectivity index (χ1) is 9.52. The number of phenols is 1. The molecule has 0 bridgehead atoms. The van der Waals surface area contributed by atoms with Gasteiger partial charge in [0.25, 0.3) is 5.91 Å². The molecular weight excluding hydrogens is 282 g/mol. The molecule has 0 atom stereocenters. The van der Waals surface area contributed by atoms with Crippen molar-refractivity contribution in [3.63, 3.8) is 0 Å². The minimum Gasteiger partial charge on any atom is -0.504 e. The van der Waals surface area contributed by atoms with Gasteiger partial charge in [0.15, 0.2) is 11.5 Å². The molecule has 0 saturated heterocycles. The number of amides is 1. The Bertz CT molecular complexity index is 665. The summed E-state index contributed by atoms with van der Waals surface area (Å²) in [4.78, 5) is 22.9. The largest absolute Gasteiger partial charge is 0.504 e. The molecule has 2 rings (SSSR count). The van der Waals surface area contributed by atoms with Gasteiger partial charge in [0.05, 0.1) is 17.7 Å². The minimum atomic E-state index is -1.06. The van der Waals surface area contributed by atoms with Crippen LogP contribution in [0.15, 0.2) is 30.3 Å². The fourth-order valence-corrected chi connectivity index (χ4v) is 2.31. The number of aromatic hydroxyl groups is 1. The first kappa shape index (κ1) is 13.9. The van der Waals surface area contributed by atoms with Crippen LogP contribution < -0.4 is 10.1 Å². The first-order valence-electron chi connectivity index (χ1n) is 5.53. The number of hydrogen-bond acceptors (Lipinski definition) is 5. The van der Waals surface area contributed by atoms with Gasteiger partial charge in [-0.2, -0.15) is 0 Å². The van der Waals surface area contributed by atoms with Crippen LogP contribution in [0.1, 0.15) is 20.0 Å². The molecular formula is C13H11NO5S. The summed E-state index contributed by atoms with van der Waals surface area (Å²) in [5, 5.41) is 21.6. The number of para-hydroxylation sites is 1. The van der Waals surface area contributed by atoms with Crippen molar-refractivity contribution in [2.45, 2.75) is 0 Å². The van der Waals surface area contributed by atoms with E-state index < -0.39 is 11.9 Å². The van der Waals surface area contributed by atoms with Crippen molar-refractivity contribution >= 4 is 28.2 Å². The summed E-state index contributed by atoms with van der Waals surface area (Å²) in [6, 6.07) is 7.43. The van der Waals surface area contributed by atoms with Crippen molar-refractivity contribution in [2.75, 3.05) is 12.4 Å². The van der Waals surface area contributed by atoms with E-state index in [0.717, 1.165) is 11.3 Å². The SMILES string of the molecule is COc1cccc(C(=O)Nc2ccc(C(=O)O)s2)c1O. The van der Waals surface area contributed by atoms with E-state index in [1.807, 2.05) is 0 Å². The van der Waals surface area contributed by atoms with Crippen LogP contribution in [0.4, 0.5) is 5.00 Å². The molecule has 1 amide bonds. The highest BCUT2D eigenvalue weighted by Gasteiger charge is 2.16. The summed E-state index contributed by atoms with van der Waals surface area (Å²) in [6.07, 6.45) is 0. The molecule has 0 fully saturated rings. The number of thiophene rings is 1. The number of rotatable bonds is 4. The summed E-state index contributed by atoms with van der Waals surface area (Å²) in [5.74, 6) is -1.67. The molecule has 1 aromatic heterocycles. The van der Waals surface area contributed by atoms with E-state index >= 15 is 0 Å². The highest BCUT2D eigenvalue weighted by molar-refractivity contribution is 7.18. The maximum atomic E-state index is 12.0. The number of carbonyl (C=O) groups excluding carboxylic acids is 1. The van der Waals surface area contributed by atoms with Crippen molar-refractivity contribution in [1.29, 1.82) is 0 Å². The highest BCUT2D eigenvalue weighted by atomic mass is 32.1. The van der Waals surface area contributed by atoms with Crippen LogP contribution >= 0.6 is 11.3 Å². The molecule has 0 unspecified atom stereocenters. The molecule has 0 aliphatic rings. The van der Waals surface area contributed by atoms with Gasteiger partial charge in [-0.15, -0.1) is 11.3 Å². The number of carboxylic acids is 1. The lowest BCUT2D eigenvalue weighted by atomic mass is 10.1. The number of benzene rings is 1. The zero-order valence-corrected chi connectivity index (χ0v) is 11.2. The summed E-state index contributed by atoms with van der Waals surface area (Å²) >= 11 is 0.935. The van der Waals surface area contributed by atoms with Gasteiger partial charge in [-0.1, -0.05) is 6.07 Å². The quantitative estimate of drug-likeness (QED) is 0.804. The van der Waals surface area contributed by atoms with Gasteiger partial charge in [0, 0.05) is 0 Å². The fraction of sp³-hybridized carbons (Fsp3) is 0.0769. The molecule has 2 aromatic rings. The van der Waals surface area contributed by atoms with E-state index in [9.17, 15) is 14.7 Å². The van der Waals surface area contributed by atoms with Crippen LogP contribution in [0.25, 0.3) is 0 Å². The Morgan fingerprint density at radius 1 is 1.25 bits per heavy atom. The molecule has 7 heteroatoms. The number of ether oxygens (including phenoxy) is 1. The van der Waals surface area contributed by atoms with Gasteiger partial charge >= 0.3 is 5.97 Å². The van der Waals surface area contributed by atoms with Crippen molar-refractivity contribution in [3.8, 4) is 11.5 Å². The van der Waals surface area contributed by atoms with Gasteiger partial charge in [0.2, 0.25) is 0 Å². The van der Waals surface area contributed by atoms with E-state index in [-0.39, 0.29) is 21.9 Å². The number of carbonyl (C=O) groups is 2. The van der Waals surface area contributed by atoms with Crippen molar-refractivity contribution in [3.05, 3.63) is 40.8 Å². The molecule has 0 aliphatic heterocycles. The maximum Gasteiger partial charge on any atom is 0.345 e. The maximum absolute atomic E-state index is 12.0. The van der Waals surface area contributed by atoms with E-state index in [1.54, 1.807) is 6.07 Å². The number of methoxy groups -OCH3 is 1. The van der Waals surface area contributed by atoms with Crippen LogP contribution in [0.3, 0.4) is 0 Å². The predicted octanol–water partition coefficient (Wildman–Crippen LogP) is 2.41. The zero-order chi connectivity index (χ0) is 14.7. The Balaban J connectivity index is 2.21. The lowest BCUT2D eigenvalue weighted by molar-refractivity contribution is 0.0702. The Hall–Kier alpha value is -2.54. The molecule has 0 radical (unpaired) electrons. The number of anilines is 1. The lowest BCUT2D eigenvalue weighted by Crippen LogP contribution is -2.11. The van der Waals surface area contributed by atoms with Crippen LogP contribution in [-0.4, -0.2) is 29.2 Å². The Labute approximate surface area is 118 Å². The Morgan fingerprint density at radius 3 is 2.60 bits per heavy atom. The van der Waals surface area contributed by atoms with Gasteiger partial charge in [-0.25, -0.2) is 4.79 Å². The van der Waals surface area contributed by atoms with E-state index in [2.05, 4.69) is 5.32 Å². The minimum absolute atomic E-state index is 0.0506. The molecule has 1 heterocycles. The summed E-state index contributed by atoms with van der Waals surface area (Å²) in [7, 11) is 1.38. The van der Waals surface area contributed by atoms with Crippen LogP contribution in [0.2, 0.25) is 0 Å². The van der Waals surface area contributed by atoms with Crippen LogP contribution in [-0.2, 0) is 0 Å². The number of nitrogens with one attached hydrogen (secondary N) is 1.